The van der Waals surface area contributed by atoms with Crippen molar-refractivity contribution in [1.29, 1.82) is 0 Å². The summed E-state index contributed by atoms with van der Waals surface area (Å²) in [6.07, 6.45) is 1.75. The van der Waals surface area contributed by atoms with Gasteiger partial charge in [0.15, 0.2) is 0 Å². The molecule has 2 rings (SSSR count). The van der Waals surface area contributed by atoms with Crippen LogP contribution in [-0.2, 0) is 11.8 Å². The van der Waals surface area contributed by atoms with Gasteiger partial charge in [0.25, 0.3) is 5.56 Å². The highest BCUT2D eigenvalue weighted by Crippen LogP contribution is 2.14. The van der Waals surface area contributed by atoms with Crippen LogP contribution in [0.1, 0.15) is 26.2 Å². The third-order valence-corrected chi connectivity index (χ3v) is 4.01. The molecule has 2 aromatic rings. The molecule has 2 aromatic heterocycles. The summed E-state index contributed by atoms with van der Waals surface area (Å²) in [5.41, 5.74) is -1.30. The molecule has 0 unspecified atom stereocenters. The summed E-state index contributed by atoms with van der Waals surface area (Å²) in [5.74, 6) is 0. The molecule has 0 fully saturated rings. The summed E-state index contributed by atoms with van der Waals surface area (Å²) in [7, 11) is 1.53. The van der Waals surface area contributed by atoms with Crippen LogP contribution in [0.5, 0.6) is 0 Å². The molecule has 0 atom stereocenters. The smallest absolute Gasteiger partial charge is 0.425 e. The van der Waals surface area contributed by atoms with Gasteiger partial charge in [-0.05, 0) is 17.9 Å². The third-order valence-electron chi connectivity index (χ3n) is 3.02. The Hall–Kier alpha value is -1.89. The number of aryl methyl sites for hydroxylation is 1. The molecule has 20 heavy (non-hydrogen) atoms. The van der Waals surface area contributed by atoms with Crippen molar-refractivity contribution in [1.82, 2.24) is 9.13 Å². The highest BCUT2D eigenvalue weighted by molar-refractivity contribution is 7.16. The summed E-state index contributed by atoms with van der Waals surface area (Å²) < 4.78 is 6.83. The maximum Gasteiger partial charge on any atom is 0.425 e. The number of carbonyl (C=O) groups excluding carboxylic acids is 1. The summed E-state index contributed by atoms with van der Waals surface area (Å²) >= 11 is 1.28. The lowest BCUT2D eigenvalue weighted by Crippen LogP contribution is -2.43. The second kappa shape index (κ2) is 6.04. The van der Waals surface area contributed by atoms with Crippen LogP contribution in [0.2, 0.25) is 0 Å². The topological polar surface area (TPSA) is 70.3 Å². The molecule has 0 saturated carbocycles. The van der Waals surface area contributed by atoms with Gasteiger partial charge in [0.2, 0.25) is 0 Å². The van der Waals surface area contributed by atoms with Crippen molar-refractivity contribution < 1.29 is 9.53 Å². The first-order chi connectivity index (χ1) is 9.57. The van der Waals surface area contributed by atoms with Crippen molar-refractivity contribution in [3.63, 3.8) is 0 Å². The largest absolute Gasteiger partial charge is 0.449 e. The van der Waals surface area contributed by atoms with Crippen LogP contribution >= 0.6 is 11.3 Å². The second-order valence-corrected chi connectivity index (χ2v) is 5.34. The lowest BCUT2D eigenvalue weighted by atomic mass is 10.3. The number of thiophene rings is 1. The maximum atomic E-state index is 12.1. The normalized spacial score (nSPS) is 10.9. The summed E-state index contributed by atoms with van der Waals surface area (Å²) in [4.78, 5) is 36.7. The number of nitrogens with zero attached hydrogens (tertiary/aromatic N) is 2. The molecular formula is C13H16N2O4S. The zero-order chi connectivity index (χ0) is 14.7. The molecule has 7 heteroatoms. The Balaban J connectivity index is 2.37. The summed E-state index contributed by atoms with van der Waals surface area (Å²) in [6, 6.07) is 1.60. The molecule has 108 valence electrons. The molecule has 0 aliphatic heterocycles. The molecule has 2 heterocycles. The predicted molar refractivity (Wildman–Crippen MR) is 77.6 cm³/mol. The molecule has 0 bridgehead atoms. The monoisotopic (exact) mass is 296 g/mol. The summed E-state index contributed by atoms with van der Waals surface area (Å²) in [6.45, 7) is 2.25. The van der Waals surface area contributed by atoms with Gasteiger partial charge >= 0.3 is 11.8 Å². The zero-order valence-electron chi connectivity index (χ0n) is 11.4. The molecule has 0 radical (unpaired) electrons. The predicted octanol–water partition coefficient (Wildman–Crippen LogP) is 1.94. The highest BCUT2D eigenvalue weighted by atomic mass is 32.1. The molecule has 0 aliphatic rings. The van der Waals surface area contributed by atoms with Crippen molar-refractivity contribution in [2.24, 2.45) is 7.05 Å². The zero-order valence-corrected chi connectivity index (χ0v) is 12.2. The Morgan fingerprint density at radius 2 is 2.10 bits per heavy atom. The van der Waals surface area contributed by atoms with Gasteiger partial charge in [0.1, 0.15) is 4.83 Å². The van der Waals surface area contributed by atoms with E-state index in [0.717, 1.165) is 19.3 Å². The van der Waals surface area contributed by atoms with Crippen LogP contribution in [0.15, 0.2) is 21.0 Å². The Morgan fingerprint density at radius 1 is 1.35 bits per heavy atom. The number of carbonyl (C=O) groups is 1. The van der Waals surface area contributed by atoms with Crippen LogP contribution in [0, 0.1) is 0 Å². The summed E-state index contributed by atoms with van der Waals surface area (Å²) in [5, 5.41) is 2.06. The molecular weight excluding hydrogens is 280 g/mol. The number of rotatable bonds is 4. The van der Waals surface area contributed by atoms with Crippen LogP contribution < -0.4 is 11.2 Å². The first-order valence-electron chi connectivity index (χ1n) is 6.44. The van der Waals surface area contributed by atoms with E-state index in [4.69, 9.17) is 4.74 Å². The fourth-order valence-electron chi connectivity index (χ4n) is 1.91. The lowest BCUT2D eigenvalue weighted by Gasteiger charge is -2.08. The van der Waals surface area contributed by atoms with Crippen LogP contribution in [-0.4, -0.2) is 21.8 Å². The molecule has 6 nitrogen and oxygen atoms in total. The van der Waals surface area contributed by atoms with E-state index in [1.807, 2.05) is 6.92 Å². The SMILES string of the molecule is CCCCCOC(=O)n1c(=O)c2ccsc2n(C)c1=O. The third kappa shape index (κ3) is 2.53. The first kappa shape index (κ1) is 14.5. The number of unbranched alkanes of at least 4 members (excludes halogenated alkanes) is 2. The van der Waals surface area contributed by atoms with Gasteiger partial charge in [-0.1, -0.05) is 19.8 Å². The average molecular weight is 296 g/mol. The van der Waals surface area contributed by atoms with Crippen molar-refractivity contribution in [2.75, 3.05) is 6.61 Å². The minimum absolute atomic E-state index is 0.212. The van der Waals surface area contributed by atoms with Crippen molar-refractivity contribution in [3.05, 3.63) is 32.3 Å². The van der Waals surface area contributed by atoms with E-state index in [9.17, 15) is 14.4 Å². The van der Waals surface area contributed by atoms with Gasteiger partial charge in [-0.15, -0.1) is 11.3 Å². The van der Waals surface area contributed by atoms with Crippen LogP contribution in [0.25, 0.3) is 10.2 Å². The maximum absolute atomic E-state index is 12.1. The number of hydrogen-bond acceptors (Lipinski definition) is 5. The van der Waals surface area contributed by atoms with Gasteiger partial charge in [-0.25, -0.2) is 9.59 Å². The van der Waals surface area contributed by atoms with Crippen molar-refractivity contribution >= 4 is 27.6 Å². The molecule has 0 aliphatic carbocycles. The van der Waals surface area contributed by atoms with Crippen LogP contribution in [0.3, 0.4) is 0 Å². The van der Waals surface area contributed by atoms with Gasteiger partial charge < -0.3 is 4.74 Å². The Morgan fingerprint density at radius 3 is 2.80 bits per heavy atom. The average Bonchev–Trinajstić information content (AvgIpc) is 2.91. The highest BCUT2D eigenvalue weighted by Gasteiger charge is 2.18. The standard InChI is InChI=1S/C13H16N2O4S/c1-3-4-5-7-19-13(18)15-10(16)9-6-8-20-11(9)14(2)12(15)17/h6,8H,3-5,7H2,1-2H3. The molecule has 0 N–H and O–H groups in total. The van der Waals surface area contributed by atoms with E-state index in [1.54, 1.807) is 11.4 Å². The van der Waals surface area contributed by atoms with Crippen molar-refractivity contribution in [3.8, 4) is 0 Å². The van der Waals surface area contributed by atoms with E-state index in [1.165, 1.54) is 23.0 Å². The van der Waals surface area contributed by atoms with E-state index in [0.29, 0.717) is 14.8 Å². The number of fused-ring (bicyclic) bond motifs is 1. The fraction of sp³-hybridized carbons (Fsp3) is 0.462. The lowest BCUT2D eigenvalue weighted by molar-refractivity contribution is 0.143. The number of ether oxygens (including phenoxy) is 1. The quantitative estimate of drug-likeness (QED) is 0.808. The molecule has 0 saturated heterocycles. The fourth-order valence-corrected chi connectivity index (χ4v) is 2.76. The van der Waals surface area contributed by atoms with Gasteiger partial charge in [0.05, 0.1) is 12.0 Å². The van der Waals surface area contributed by atoms with Gasteiger partial charge in [0, 0.05) is 7.05 Å². The number of hydrogen-bond donors (Lipinski definition) is 0. The second-order valence-electron chi connectivity index (χ2n) is 4.44. The van der Waals surface area contributed by atoms with E-state index in [2.05, 4.69) is 0 Å². The number of aromatic nitrogens is 2. The molecule has 0 spiro atoms. The Kier molecular flexibility index (Phi) is 4.39. The van der Waals surface area contributed by atoms with E-state index in [-0.39, 0.29) is 6.61 Å². The van der Waals surface area contributed by atoms with Crippen molar-refractivity contribution in [2.45, 2.75) is 26.2 Å². The Labute approximate surface area is 119 Å². The first-order valence-corrected chi connectivity index (χ1v) is 7.32. The minimum atomic E-state index is -0.903. The molecule has 0 amide bonds. The van der Waals surface area contributed by atoms with Gasteiger partial charge in [-0.2, -0.15) is 4.57 Å². The minimum Gasteiger partial charge on any atom is -0.449 e. The van der Waals surface area contributed by atoms with E-state index < -0.39 is 17.3 Å². The van der Waals surface area contributed by atoms with E-state index >= 15 is 0 Å². The Bertz CT molecular complexity index is 741. The van der Waals surface area contributed by atoms with Crippen LogP contribution in [0.4, 0.5) is 4.79 Å². The van der Waals surface area contributed by atoms with Gasteiger partial charge in [-0.3, -0.25) is 9.36 Å². The molecule has 0 aromatic carbocycles.